The largest absolute Gasteiger partial charge is 0.542 e. The molecule has 18 heteroatoms. The Morgan fingerprint density at radius 3 is 2.30 bits per heavy atom. The number of benzene rings is 3. The number of halogens is 3. The Labute approximate surface area is 304 Å². The zero-order valence-corrected chi connectivity index (χ0v) is 29.8. The standard InChI is InChI=1S/C33H40N4O8S.C2HF3O2/c1-3-17-46(41,42)45-28-13-9-25(10-14-28)35-33(40)36(32(39)29(34)18-23-6-11-27(38)12-7-23)26-5-4-16-37(2,21-26)20-24-8-15-30-31(19-24)44-22-43-30;3-2(4,5)1(6)7/h6-15,19,26,29H,3-5,16-18,20-22,34H2,1-2H3,(H-,35,38,40);(H,6,7)/t26-,29-,37?;/m0./s1. The maximum absolute atomic E-state index is 14.0. The number of piperidine rings is 1. The van der Waals surface area contributed by atoms with E-state index in [-0.39, 0.29) is 30.5 Å². The number of amides is 3. The van der Waals surface area contributed by atoms with E-state index in [1.54, 1.807) is 19.1 Å². The normalized spacial score (nSPS) is 18.6. The molecular weight excluding hydrogens is 725 g/mol. The molecule has 1 saturated heterocycles. The molecule has 5 rings (SSSR count). The summed E-state index contributed by atoms with van der Waals surface area (Å²) in [5.41, 5.74) is 8.61. The van der Waals surface area contributed by atoms with Gasteiger partial charge in [0.2, 0.25) is 12.7 Å². The van der Waals surface area contributed by atoms with Crippen molar-refractivity contribution in [3.63, 3.8) is 0 Å². The summed E-state index contributed by atoms with van der Waals surface area (Å²) in [7, 11) is -1.61. The number of rotatable bonds is 11. The number of nitrogens with zero attached hydrogens (tertiary/aromatic N) is 2. The summed E-state index contributed by atoms with van der Waals surface area (Å²) in [6, 6.07) is 16.2. The maximum Gasteiger partial charge on any atom is 0.430 e. The lowest BCUT2D eigenvalue weighted by molar-refractivity contribution is -0.928. The van der Waals surface area contributed by atoms with E-state index in [9.17, 15) is 36.3 Å². The van der Waals surface area contributed by atoms with Gasteiger partial charge in [-0.25, -0.2) is 4.79 Å². The van der Waals surface area contributed by atoms with Crippen molar-refractivity contribution < 1.29 is 64.3 Å². The minimum absolute atomic E-state index is 0.103. The van der Waals surface area contributed by atoms with Gasteiger partial charge in [-0.2, -0.15) is 21.6 Å². The number of likely N-dealkylation sites (tertiary alicyclic amines) is 1. The van der Waals surface area contributed by atoms with Gasteiger partial charge in [-0.05, 0) is 85.8 Å². The van der Waals surface area contributed by atoms with E-state index in [2.05, 4.69) is 12.4 Å². The number of hydrogen-bond donors (Lipinski definition) is 3. The number of likely N-dealkylation sites (N-methyl/N-ethyl adjacent to an activating group) is 1. The molecule has 0 aliphatic carbocycles. The van der Waals surface area contributed by atoms with Gasteiger partial charge in [0.25, 0.3) is 0 Å². The minimum atomic E-state index is -5.19. The number of carboxylic acid groups (broad SMARTS) is 1. The Hall–Kier alpha value is -5.07. The summed E-state index contributed by atoms with van der Waals surface area (Å²) in [6.45, 7) is 3.97. The lowest BCUT2D eigenvalue weighted by Crippen LogP contribution is -2.62. The van der Waals surface area contributed by atoms with Crippen LogP contribution >= 0.6 is 0 Å². The highest BCUT2D eigenvalue weighted by Gasteiger charge is 2.41. The molecule has 0 saturated carbocycles. The van der Waals surface area contributed by atoms with Crippen LogP contribution in [0.15, 0.2) is 66.7 Å². The number of nitrogens with one attached hydrogen (secondary N) is 1. The van der Waals surface area contributed by atoms with Crippen LogP contribution in [0.1, 0.15) is 37.3 Å². The molecule has 3 amide bonds. The van der Waals surface area contributed by atoms with Crippen LogP contribution in [0.4, 0.5) is 23.7 Å². The Morgan fingerprint density at radius 1 is 1.06 bits per heavy atom. The number of phenols is 1. The molecule has 4 N–H and O–H groups in total. The average Bonchev–Trinajstić information content (AvgIpc) is 3.54. The lowest BCUT2D eigenvalue weighted by Gasteiger charge is -2.44. The van der Waals surface area contributed by atoms with Gasteiger partial charge in [0.1, 0.15) is 30.6 Å². The third-order valence-corrected chi connectivity index (χ3v) is 9.79. The number of alkyl halides is 3. The maximum atomic E-state index is 14.0. The molecule has 14 nitrogen and oxygen atoms in total. The highest BCUT2D eigenvalue weighted by molar-refractivity contribution is 7.87. The predicted molar refractivity (Wildman–Crippen MR) is 183 cm³/mol. The van der Waals surface area contributed by atoms with Crippen LogP contribution < -0.4 is 29.8 Å². The summed E-state index contributed by atoms with van der Waals surface area (Å²) in [4.78, 5) is 37.9. The molecule has 288 valence electrons. The number of aliphatic carboxylic acids is 1. The first-order chi connectivity index (χ1) is 24.9. The first-order valence-electron chi connectivity index (χ1n) is 16.6. The van der Waals surface area contributed by atoms with Crippen molar-refractivity contribution in [2.75, 3.05) is 38.0 Å². The number of anilines is 1. The molecule has 0 bridgehead atoms. The molecule has 2 heterocycles. The molecule has 2 aliphatic rings. The van der Waals surface area contributed by atoms with Crippen molar-refractivity contribution in [2.24, 2.45) is 5.73 Å². The third kappa shape index (κ3) is 11.7. The fourth-order valence-corrected chi connectivity index (χ4v) is 7.04. The van der Waals surface area contributed by atoms with E-state index in [1.165, 1.54) is 41.3 Å². The number of ether oxygens (including phenoxy) is 2. The van der Waals surface area contributed by atoms with Crippen LogP contribution in [0.5, 0.6) is 23.0 Å². The summed E-state index contributed by atoms with van der Waals surface area (Å²) in [5, 5.41) is 21.2. The highest BCUT2D eigenvalue weighted by Crippen LogP contribution is 2.34. The molecule has 3 aromatic carbocycles. The number of fused-ring (bicyclic) bond motifs is 1. The first kappa shape index (κ1) is 40.7. The highest BCUT2D eigenvalue weighted by atomic mass is 32.2. The molecule has 3 atom stereocenters. The topological polar surface area (TPSA) is 198 Å². The quantitative estimate of drug-likeness (QED) is 0.191. The number of urea groups is 1. The van der Waals surface area contributed by atoms with Crippen molar-refractivity contribution in [2.45, 2.75) is 57.4 Å². The zero-order chi connectivity index (χ0) is 39.0. The van der Waals surface area contributed by atoms with Crippen LogP contribution in [0.25, 0.3) is 0 Å². The van der Waals surface area contributed by atoms with E-state index in [4.69, 9.17) is 29.3 Å². The fraction of sp³-hybridized carbons (Fsp3) is 0.400. The molecule has 2 aliphatic heterocycles. The van der Waals surface area contributed by atoms with Crippen LogP contribution in [-0.2, 0) is 32.7 Å². The van der Waals surface area contributed by atoms with Crippen LogP contribution in [0.3, 0.4) is 0 Å². The average molecular weight is 767 g/mol. The van der Waals surface area contributed by atoms with E-state index >= 15 is 0 Å². The second kappa shape index (κ2) is 17.2. The number of aromatic hydroxyl groups is 1. The molecular formula is C35H41F3N4O10S. The van der Waals surface area contributed by atoms with Crippen LogP contribution in [-0.4, -0.2) is 91.8 Å². The monoisotopic (exact) mass is 766 g/mol. The summed E-state index contributed by atoms with van der Waals surface area (Å²) < 4.78 is 72.4. The van der Waals surface area contributed by atoms with Crippen molar-refractivity contribution in [1.82, 2.24) is 4.90 Å². The number of imide groups is 1. The van der Waals surface area contributed by atoms with Gasteiger partial charge in [0, 0.05) is 11.3 Å². The Bertz CT molecular complexity index is 1860. The van der Waals surface area contributed by atoms with Gasteiger partial charge < -0.3 is 44.2 Å². The molecule has 53 heavy (non-hydrogen) atoms. The van der Waals surface area contributed by atoms with Crippen molar-refractivity contribution >= 4 is 33.7 Å². The van der Waals surface area contributed by atoms with Gasteiger partial charge >= 0.3 is 22.3 Å². The SMILES string of the molecule is CCCS(=O)(=O)Oc1ccc(NC(=O)N(C(=O)[C@@H](N)Cc2ccc(O)cc2)[C@H]2CCC[N+](C)(Cc3ccc4c(c3)OCO4)C2)cc1.O=C([O-])C(F)(F)F. The smallest absolute Gasteiger partial charge is 0.430 e. The van der Waals surface area contributed by atoms with Crippen molar-refractivity contribution in [1.29, 1.82) is 0 Å². The van der Waals surface area contributed by atoms with E-state index in [0.717, 1.165) is 24.1 Å². The van der Waals surface area contributed by atoms with Gasteiger partial charge in [-0.15, -0.1) is 0 Å². The van der Waals surface area contributed by atoms with Gasteiger partial charge in [0.15, 0.2) is 11.5 Å². The molecule has 3 aromatic rings. The van der Waals surface area contributed by atoms with Crippen LogP contribution in [0, 0.1) is 0 Å². The van der Waals surface area contributed by atoms with Crippen molar-refractivity contribution in [3.8, 4) is 23.0 Å². The Kier molecular flexibility index (Phi) is 13.2. The Balaban J connectivity index is 0.000000815. The third-order valence-electron chi connectivity index (χ3n) is 8.43. The van der Waals surface area contributed by atoms with E-state index in [1.807, 2.05) is 18.2 Å². The van der Waals surface area contributed by atoms with Crippen molar-refractivity contribution in [3.05, 3.63) is 77.9 Å². The number of nitrogens with two attached hydrogens (primary N) is 1. The fourth-order valence-electron chi connectivity index (χ4n) is 6.05. The number of carboxylic acids is 1. The molecule has 0 radical (unpaired) electrons. The van der Waals surface area contributed by atoms with Crippen LogP contribution in [0.2, 0.25) is 0 Å². The lowest BCUT2D eigenvalue weighted by atomic mass is 9.98. The number of hydrogen-bond acceptors (Lipinski definition) is 11. The second-order valence-electron chi connectivity index (χ2n) is 12.9. The number of carbonyl (C=O) groups is 3. The minimum Gasteiger partial charge on any atom is -0.542 e. The first-order valence-corrected chi connectivity index (χ1v) is 18.2. The predicted octanol–water partition coefficient (Wildman–Crippen LogP) is 3.28. The zero-order valence-electron chi connectivity index (χ0n) is 29.0. The molecule has 1 unspecified atom stereocenters. The molecule has 0 aromatic heterocycles. The summed E-state index contributed by atoms with van der Waals surface area (Å²) >= 11 is 0. The molecule has 1 fully saturated rings. The van der Waals surface area contributed by atoms with E-state index < -0.39 is 46.3 Å². The number of quaternary nitrogens is 1. The van der Waals surface area contributed by atoms with Gasteiger partial charge in [-0.3, -0.25) is 9.69 Å². The second-order valence-corrected chi connectivity index (χ2v) is 14.6. The van der Waals surface area contributed by atoms with Gasteiger partial charge in [0.05, 0.1) is 31.4 Å². The van der Waals surface area contributed by atoms with E-state index in [0.29, 0.717) is 47.6 Å². The molecule has 0 spiro atoms. The number of phenolic OH excluding ortho intramolecular Hbond substituents is 1. The summed E-state index contributed by atoms with van der Waals surface area (Å²) in [6.07, 6.45) is -3.20. The van der Waals surface area contributed by atoms with Gasteiger partial charge in [-0.1, -0.05) is 19.1 Å². The Morgan fingerprint density at radius 2 is 1.68 bits per heavy atom. The number of carbonyl (C=O) groups excluding carboxylic acids is 3. The summed E-state index contributed by atoms with van der Waals surface area (Å²) in [5.74, 6) is -2.00.